The SMILES string of the molecule is COc1ccc(S(=O)(=O)N2CCC(S(=O)(=O)CC(C)C)CC2)cc1F. The number of piperidine rings is 1. The molecule has 1 aliphatic rings. The van der Waals surface area contributed by atoms with E-state index in [0.717, 1.165) is 6.07 Å². The molecule has 0 bridgehead atoms. The minimum Gasteiger partial charge on any atom is -0.494 e. The summed E-state index contributed by atoms with van der Waals surface area (Å²) in [4.78, 5) is -0.158. The molecule has 0 aliphatic carbocycles. The molecule has 0 aromatic heterocycles. The van der Waals surface area contributed by atoms with E-state index in [1.807, 2.05) is 13.8 Å². The minimum atomic E-state index is -3.86. The lowest BCUT2D eigenvalue weighted by atomic mass is 10.2. The van der Waals surface area contributed by atoms with Crippen molar-refractivity contribution >= 4 is 19.9 Å². The Morgan fingerprint density at radius 2 is 1.80 bits per heavy atom. The van der Waals surface area contributed by atoms with Crippen molar-refractivity contribution in [2.45, 2.75) is 36.8 Å². The Kier molecular flexibility index (Phi) is 6.11. The van der Waals surface area contributed by atoms with E-state index in [0.29, 0.717) is 0 Å². The summed E-state index contributed by atoms with van der Waals surface area (Å²) >= 11 is 0. The maximum absolute atomic E-state index is 13.8. The van der Waals surface area contributed by atoms with Crippen LogP contribution in [0.4, 0.5) is 4.39 Å². The zero-order chi connectivity index (χ0) is 18.8. The zero-order valence-corrected chi connectivity index (χ0v) is 16.2. The third kappa shape index (κ3) is 4.51. The third-order valence-electron chi connectivity index (χ3n) is 4.24. The number of halogens is 1. The van der Waals surface area contributed by atoms with Crippen LogP contribution >= 0.6 is 0 Å². The topological polar surface area (TPSA) is 80.8 Å². The van der Waals surface area contributed by atoms with Crippen molar-refractivity contribution in [3.05, 3.63) is 24.0 Å². The van der Waals surface area contributed by atoms with Gasteiger partial charge in [0.15, 0.2) is 21.4 Å². The number of benzene rings is 1. The Morgan fingerprint density at radius 3 is 2.28 bits per heavy atom. The number of hydrogen-bond acceptors (Lipinski definition) is 5. The first-order valence-electron chi connectivity index (χ1n) is 8.13. The first kappa shape index (κ1) is 20.1. The van der Waals surface area contributed by atoms with Gasteiger partial charge in [-0.2, -0.15) is 4.31 Å². The van der Waals surface area contributed by atoms with Crippen molar-refractivity contribution in [1.82, 2.24) is 4.31 Å². The van der Waals surface area contributed by atoms with Gasteiger partial charge in [0.05, 0.1) is 23.0 Å². The predicted octanol–water partition coefficient (Wildman–Crippen LogP) is 2.06. The van der Waals surface area contributed by atoms with E-state index in [-0.39, 0.29) is 48.2 Å². The van der Waals surface area contributed by atoms with E-state index in [1.165, 1.54) is 23.5 Å². The van der Waals surface area contributed by atoms with Gasteiger partial charge in [0.25, 0.3) is 0 Å². The summed E-state index contributed by atoms with van der Waals surface area (Å²) in [6.45, 7) is 3.90. The van der Waals surface area contributed by atoms with Gasteiger partial charge in [0.2, 0.25) is 10.0 Å². The number of nitrogens with zero attached hydrogens (tertiary/aromatic N) is 1. The summed E-state index contributed by atoms with van der Waals surface area (Å²) in [5.41, 5.74) is 0. The number of rotatable bonds is 6. The molecule has 0 radical (unpaired) electrons. The number of hydrogen-bond donors (Lipinski definition) is 0. The van der Waals surface area contributed by atoms with Gasteiger partial charge in [-0.1, -0.05) is 13.8 Å². The molecule has 1 aromatic carbocycles. The van der Waals surface area contributed by atoms with Crippen LogP contribution in [0, 0.1) is 11.7 Å². The highest BCUT2D eigenvalue weighted by Crippen LogP contribution is 2.27. The molecule has 0 spiro atoms. The van der Waals surface area contributed by atoms with Crippen molar-refractivity contribution in [2.24, 2.45) is 5.92 Å². The smallest absolute Gasteiger partial charge is 0.243 e. The third-order valence-corrected chi connectivity index (χ3v) is 8.75. The minimum absolute atomic E-state index is 0.0302. The Bertz CT molecular complexity index is 813. The predicted molar refractivity (Wildman–Crippen MR) is 93.4 cm³/mol. The Labute approximate surface area is 149 Å². The van der Waals surface area contributed by atoms with Crippen LogP contribution in [0.15, 0.2) is 23.1 Å². The first-order chi connectivity index (χ1) is 11.6. The van der Waals surface area contributed by atoms with Gasteiger partial charge in [0.1, 0.15) is 0 Å². The molecule has 0 atom stereocenters. The normalized spacial score (nSPS) is 17.8. The fraction of sp³-hybridized carbons (Fsp3) is 0.625. The fourth-order valence-electron chi connectivity index (χ4n) is 2.99. The number of sulfone groups is 1. The molecular formula is C16H24FNO5S2. The number of methoxy groups -OCH3 is 1. The van der Waals surface area contributed by atoms with Crippen LogP contribution in [-0.2, 0) is 19.9 Å². The van der Waals surface area contributed by atoms with Gasteiger partial charge in [-0.3, -0.25) is 0 Å². The molecule has 1 saturated heterocycles. The summed E-state index contributed by atoms with van der Waals surface area (Å²) in [6, 6.07) is 3.48. The molecule has 0 amide bonds. The second-order valence-corrected chi connectivity index (χ2v) is 10.9. The maximum atomic E-state index is 13.8. The fourth-order valence-corrected chi connectivity index (χ4v) is 6.60. The van der Waals surface area contributed by atoms with Crippen LogP contribution in [0.3, 0.4) is 0 Å². The largest absolute Gasteiger partial charge is 0.494 e. The maximum Gasteiger partial charge on any atom is 0.243 e. The van der Waals surface area contributed by atoms with Crippen molar-refractivity contribution in [2.75, 3.05) is 26.0 Å². The molecule has 0 N–H and O–H groups in total. The summed E-state index contributed by atoms with van der Waals surface area (Å²) < 4.78 is 69.7. The standard InChI is InChI=1S/C16H24FNO5S2/c1-12(2)11-24(19,20)13-6-8-18(9-7-13)25(21,22)14-4-5-16(23-3)15(17)10-14/h4-5,10,12-13H,6-9,11H2,1-3H3. The van der Waals surface area contributed by atoms with Crippen LogP contribution in [0.2, 0.25) is 0 Å². The van der Waals surface area contributed by atoms with E-state index in [2.05, 4.69) is 0 Å². The van der Waals surface area contributed by atoms with Crippen LogP contribution in [0.25, 0.3) is 0 Å². The molecule has 6 nitrogen and oxygen atoms in total. The van der Waals surface area contributed by atoms with E-state index < -0.39 is 30.9 Å². The molecule has 142 valence electrons. The van der Waals surface area contributed by atoms with Gasteiger partial charge in [-0.15, -0.1) is 0 Å². The van der Waals surface area contributed by atoms with E-state index in [1.54, 1.807) is 0 Å². The van der Waals surface area contributed by atoms with Gasteiger partial charge < -0.3 is 4.74 Å². The van der Waals surface area contributed by atoms with Gasteiger partial charge in [-0.25, -0.2) is 21.2 Å². The summed E-state index contributed by atoms with van der Waals surface area (Å²) in [5.74, 6) is -0.641. The molecule has 0 saturated carbocycles. The molecular weight excluding hydrogens is 369 g/mol. The zero-order valence-electron chi connectivity index (χ0n) is 14.6. The molecule has 1 fully saturated rings. The van der Waals surface area contributed by atoms with Crippen LogP contribution in [0.5, 0.6) is 5.75 Å². The lowest BCUT2D eigenvalue weighted by molar-refractivity contribution is 0.344. The van der Waals surface area contributed by atoms with Crippen molar-refractivity contribution in [3.63, 3.8) is 0 Å². The molecule has 25 heavy (non-hydrogen) atoms. The first-order valence-corrected chi connectivity index (χ1v) is 11.3. The second-order valence-electron chi connectivity index (χ2n) is 6.62. The Balaban J connectivity index is 2.13. The quantitative estimate of drug-likeness (QED) is 0.739. The Hall–Kier alpha value is -1.19. The van der Waals surface area contributed by atoms with Gasteiger partial charge >= 0.3 is 0 Å². The van der Waals surface area contributed by atoms with Crippen molar-refractivity contribution < 1.29 is 26.0 Å². The molecule has 0 unspecified atom stereocenters. The molecule has 1 heterocycles. The molecule has 1 aliphatic heterocycles. The second kappa shape index (κ2) is 7.59. The van der Waals surface area contributed by atoms with Crippen LogP contribution in [-0.4, -0.2) is 52.3 Å². The van der Waals surface area contributed by atoms with E-state index in [4.69, 9.17) is 4.74 Å². The average molecular weight is 394 g/mol. The number of ether oxygens (including phenoxy) is 1. The average Bonchev–Trinajstić information content (AvgIpc) is 2.53. The van der Waals surface area contributed by atoms with Gasteiger partial charge in [0, 0.05) is 13.1 Å². The number of sulfonamides is 1. The highest BCUT2D eigenvalue weighted by molar-refractivity contribution is 7.92. The van der Waals surface area contributed by atoms with Gasteiger partial charge in [-0.05, 0) is 37.0 Å². The summed E-state index contributed by atoms with van der Waals surface area (Å²) in [7, 11) is -5.79. The molecule has 2 rings (SSSR count). The lowest BCUT2D eigenvalue weighted by Gasteiger charge is -2.31. The molecule has 9 heteroatoms. The van der Waals surface area contributed by atoms with Crippen molar-refractivity contribution in [3.8, 4) is 5.75 Å². The van der Waals surface area contributed by atoms with Crippen LogP contribution < -0.4 is 4.74 Å². The highest BCUT2D eigenvalue weighted by atomic mass is 32.2. The van der Waals surface area contributed by atoms with E-state index >= 15 is 0 Å². The van der Waals surface area contributed by atoms with Crippen LogP contribution in [0.1, 0.15) is 26.7 Å². The summed E-state index contributed by atoms with van der Waals surface area (Å²) in [6.07, 6.45) is 0.514. The van der Waals surface area contributed by atoms with Crippen molar-refractivity contribution in [1.29, 1.82) is 0 Å². The Morgan fingerprint density at radius 1 is 1.20 bits per heavy atom. The summed E-state index contributed by atoms with van der Waals surface area (Å²) in [5, 5.41) is -0.519. The van der Waals surface area contributed by atoms with E-state index in [9.17, 15) is 21.2 Å². The molecule has 1 aromatic rings. The lowest BCUT2D eigenvalue weighted by Crippen LogP contribution is -2.43. The highest BCUT2D eigenvalue weighted by Gasteiger charge is 2.35. The monoisotopic (exact) mass is 393 g/mol.